The van der Waals surface area contributed by atoms with E-state index >= 15 is 0 Å². The average Bonchev–Trinajstić information content (AvgIpc) is 3.13. The molecule has 1 N–H and O–H groups in total. The van der Waals surface area contributed by atoms with E-state index < -0.39 is 16.1 Å². The van der Waals surface area contributed by atoms with Gasteiger partial charge in [0.15, 0.2) is 11.5 Å². The van der Waals surface area contributed by atoms with Crippen molar-refractivity contribution in [2.75, 3.05) is 52.5 Å². The number of aliphatic hydroxyl groups excluding tert-OH is 1. The Labute approximate surface area is 205 Å². The van der Waals surface area contributed by atoms with E-state index in [0.29, 0.717) is 63.2 Å². The molecule has 1 saturated heterocycles. The van der Waals surface area contributed by atoms with Crippen molar-refractivity contribution >= 4 is 20.8 Å². The summed E-state index contributed by atoms with van der Waals surface area (Å²) in [6, 6.07) is 18.7. The molecule has 2 heterocycles. The highest BCUT2D eigenvalue weighted by molar-refractivity contribution is 7.89. The largest absolute Gasteiger partial charge is 0.491 e. The molecule has 0 bridgehead atoms. The lowest BCUT2D eigenvalue weighted by Gasteiger charge is -2.34. The van der Waals surface area contributed by atoms with E-state index in [4.69, 9.17) is 14.2 Å². The van der Waals surface area contributed by atoms with Gasteiger partial charge in [0, 0.05) is 45.2 Å². The first-order valence-corrected chi connectivity index (χ1v) is 13.3. The number of sulfonamides is 1. The zero-order chi connectivity index (χ0) is 24.3. The van der Waals surface area contributed by atoms with Crippen molar-refractivity contribution in [3.05, 3.63) is 60.7 Å². The van der Waals surface area contributed by atoms with E-state index in [9.17, 15) is 13.5 Å². The quantitative estimate of drug-likeness (QED) is 0.536. The highest BCUT2D eigenvalue weighted by atomic mass is 32.2. The van der Waals surface area contributed by atoms with E-state index in [1.165, 1.54) is 4.31 Å². The Morgan fingerprint density at radius 1 is 0.886 bits per heavy atom. The third kappa shape index (κ3) is 5.54. The van der Waals surface area contributed by atoms with E-state index in [2.05, 4.69) is 4.90 Å². The average molecular weight is 499 g/mol. The Balaban J connectivity index is 1.13. The summed E-state index contributed by atoms with van der Waals surface area (Å²) in [5.74, 6) is 1.76. The topological polar surface area (TPSA) is 88.5 Å². The first-order chi connectivity index (χ1) is 17.0. The lowest BCUT2D eigenvalue weighted by molar-refractivity contribution is 0.0569. The normalized spacial score (nSPS) is 18.2. The number of ether oxygens (including phenoxy) is 3. The van der Waals surface area contributed by atoms with Gasteiger partial charge in [0.1, 0.15) is 18.5 Å². The number of piperazine rings is 1. The second kappa shape index (κ2) is 10.4. The van der Waals surface area contributed by atoms with Gasteiger partial charge in [0.25, 0.3) is 0 Å². The van der Waals surface area contributed by atoms with Gasteiger partial charge in [-0.25, -0.2) is 8.42 Å². The number of fused-ring (bicyclic) bond motifs is 2. The van der Waals surface area contributed by atoms with Gasteiger partial charge in [0.2, 0.25) is 10.0 Å². The van der Waals surface area contributed by atoms with Crippen LogP contribution in [0.25, 0.3) is 10.8 Å². The Morgan fingerprint density at radius 2 is 1.63 bits per heavy atom. The Bertz CT molecular complexity index is 1270. The summed E-state index contributed by atoms with van der Waals surface area (Å²) in [5, 5.41) is 12.7. The predicted molar refractivity (Wildman–Crippen MR) is 133 cm³/mol. The van der Waals surface area contributed by atoms with Gasteiger partial charge in [-0.1, -0.05) is 30.3 Å². The zero-order valence-corrected chi connectivity index (χ0v) is 20.3. The first kappa shape index (κ1) is 23.9. The van der Waals surface area contributed by atoms with Crippen LogP contribution in [0.4, 0.5) is 0 Å². The van der Waals surface area contributed by atoms with Gasteiger partial charge in [-0.05, 0) is 35.0 Å². The van der Waals surface area contributed by atoms with Crippen molar-refractivity contribution in [1.82, 2.24) is 9.21 Å². The van der Waals surface area contributed by atoms with Crippen molar-refractivity contribution in [1.29, 1.82) is 0 Å². The number of β-amino-alcohol motifs (C(OH)–C–C–N with tert-alkyl or cyclic N) is 1. The summed E-state index contributed by atoms with van der Waals surface area (Å²) in [5.41, 5.74) is 0. The van der Waals surface area contributed by atoms with E-state index in [1.54, 1.807) is 18.2 Å². The summed E-state index contributed by atoms with van der Waals surface area (Å²) < 4.78 is 44.9. The fourth-order valence-corrected chi connectivity index (χ4v) is 5.84. The van der Waals surface area contributed by atoms with Crippen LogP contribution in [0, 0.1) is 0 Å². The molecule has 8 nitrogen and oxygen atoms in total. The number of rotatable bonds is 7. The van der Waals surface area contributed by atoms with Crippen LogP contribution in [-0.2, 0) is 10.0 Å². The first-order valence-electron chi connectivity index (χ1n) is 11.9. The molecule has 2 aliphatic heterocycles. The van der Waals surface area contributed by atoms with E-state index in [1.807, 2.05) is 42.5 Å². The summed E-state index contributed by atoms with van der Waals surface area (Å²) >= 11 is 0. The van der Waals surface area contributed by atoms with Crippen LogP contribution in [0.5, 0.6) is 17.2 Å². The summed E-state index contributed by atoms with van der Waals surface area (Å²) in [7, 11) is -3.64. The maximum atomic E-state index is 13.2. The van der Waals surface area contributed by atoms with Crippen molar-refractivity contribution in [3.63, 3.8) is 0 Å². The lowest BCUT2D eigenvalue weighted by atomic mass is 10.1. The third-order valence-electron chi connectivity index (χ3n) is 6.32. The van der Waals surface area contributed by atoms with Crippen LogP contribution in [0.1, 0.15) is 6.42 Å². The smallest absolute Gasteiger partial charge is 0.243 e. The van der Waals surface area contributed by atoms with Crippen molar-refractivity contribution in [3.8, 4) is 17.2 Å². The Morgan fingerprint density at radius 3 is 2.43 bits per heavy atom. The maximum absolute atomic E-state index is 13.2. The maximum Gasteiger partial charge on any atom is 0.243 e. The number of benzene rings is 3. The molecule has 0 unspecified atom stereocenters. The molecule has 0 aromatic heterocycles. The molecule has 5 rings (SSSR count). The molecule has 2 aliphatic rings. The molecule has 0 saturated carbocycles. The summed E-state index contributed by atoms with van der Waals surface area (Å²) in [4.78, 5) is 2.27. The minimum Gasteiger partial charge on any atom is -0.491 e. The minimum atomic E-state index is -3.64. The molecule has 1 atom stereocenters. The molecule has 186 valence electrons. The van der Waals surface area contributed by atoms with Gasteiger partial charge in [0.05, 0.1) is 18.1 Å². The molecule has 0 spiro atoms. The van der Waals surface area contributed by atoms with Crippen LogP contribution < -0.4 is 14.2 Å². The number of aliphatic hydroxyl groups is 1. The molecule has 0 aliphatic carbocycles. The van der Waals surface area contributed by atoms with Gasteiger partial charge in [-0.2, -0.15) is 4.31 Å². The molecule has 3 aromatic carbocycles. The zero-order valence-electron chi connectivity index (χ0n) is 19.5. The molecule has 1 fully saturated rings. The van der Waals surface area contributed by atoms with Gasteiger partial charge >= 0.3 is 0 Å². The fraction of sp³-hybridized carbons (Fsp3) is 0.385. The van der Waals surface area contributed by atoms with E-state index in [0.717, 1.165) is 17.2 Å². The number of hydrogen-bond acceptors (Lipinski definition) is 7. The van der Waals surface area contributed by atoms with Crippen LogP contribution in [-0.4, -0.2) is 81.4 Å². The highest BCUT2D eigenvalue weighted by Crippen LogP contribution is 2.33. The second-order valence-electron chi connectivity index (χ2n) is 8.84. The van der Waals surface area contributed by atoms with Crippen LogP contribution in [0.2, 0.25) is 0 Å². The van der Waals surface area contributed by atoms with Crippen LogP contribution in [0.3, 0.4) is 0 Å². The van der Waals surface area contributed by atoms with Crippen molar-refractivity contribution in [2.45, 2.75) is 17.4 Å². The molecule has 0 radical (unpaired) electrons. The third-order valence-corrected chi connectivity index (χ3v) is 8.21. The Kier molecular flexibility index (Phi) is 7.10. The standard InChI is InChI=1S/C26H30N2O6S/c29-22(19-34-23-7-6-20-4-1-2-5-21(20)16-23)18-27-10-12-28(13-11-27)35(30,31)24-8-9-25-26(17-24)33-15-3-14-32-25/h1-2,4-9,16-17,22,29H,3,10-15,18-19H2/t22-/m0/s1. The number of nitrogens with zero attached hydrogens (tertiary/aromatic N) is 2. The highest BCUT2D eigenvalue weighted by Gasteiger charge is 2.30. The van der Waals surface area contributed by atoms with Crippen molar-refractivity contribution < 1.29 is 27.7 Å². The van der Waals surface area contributed by atoms with Gasteiger partial charge in [-0.15, -0.1) is 0 Å². The number of hydrogen-bond donors (Lipinski definition) is 1. The predicted octanol–water partition coefficient (Wildman–Crippen LogP) is 2.75. The second-order valence-corrected chi connectivity index (χ2v) is 10.8. The molecule has 9 heteroatoms. The van der Waals surface area contributed by atoms with Crippen LogP contribution in [0.15, 0.2) is 65.6 Å². The summed E-state index contributed by atoms with van der Waals surface area (Å²) in [6.45, 7) is 3.44. The Hall–Kier alpha value is -2.85. The van der Waals surface area contributed by atoms with E-state index in [-0.39, 0.29) is 11.5 Å². The minimum absolute atomic E-state index is 0.175. The molecule has 35 heavy (non-hydrogen) atoms. The SMILES string of the molecule is O=S(=O)(c1ccc2c(c1)OCCCO2)N1CCN(C[C@H](O)COc2ccc3ccccc3c2)CC1. The molecule has 3 aromatic rings. The molecular formula is C26H30N2O6S. The summed E-state index contributed by atoms with van der Waals surface area (Å²) in [6.07, 6.45) is 0.0871. The lowest BCUT2D eigenvalue weighted by Crippen LogP contribution is -2.50. The molecular weight excluding hydrogens is 468 g/mol. The fourth-order valence-electron chi connectivity index (χ4n) is 4.41. The van der Waals surface area contributed by atoms with Gasteiger partial charge in [-0.3, -0.25) is 4.90 Å². The van der Waals surface area contributed by atoms with Gasteiger partial charge < -0.3 is 19.3 Å². The molecule has 0 amide bonds. The monoisotopic (exact) mass is 498 g/mol. The van der Waals surface area contributed by atoms with Crippen LogP contribution >= 0.6 is 0 Å². The van der Waals surface area contributed by atoms with Crippen molar-refractivity contribution in [2.24, 2.45) is 0 Å².